The zero-order valence-corrected chi connectivity index (χ0v) is 13.3. The molecule has 0 aliphatic heterocycles. The molecule has 24 heavy (non-hydrogen) atoms. The van der Waals surface area contributed by atoms with Crippen LogP contribution in [0.1, 0.15) is 21.7 Å². The van der Waals surface area contributed by atoms with Gasteiger partial charge < -0.3 is 9.88 Å². The number of hydrogen-bond acceptors (Lipinski definition) is 4. The number of hydrogen-bond donors (Lipinski definition) is 1. The first-order valence-electron chi connectivity index (χ1n) is 7.34. The normalized spacial score (nSPS) is 10.2. The number of carbonyl (C=O) groups is 1. The predicted octanol–water partition coefficient (Wildman–Crippen LogP) is 2.91. The van der Waals surface area contributed by atoms with Crippen molar-refractivity contribution < 1.29 is 4.79 Å². The third-order valence-corrected chi connectivity index (χ3v) is 3.89. The first-order valence-corrected chi connectivity index (χ1v) is 7.34. The van der Waals surface area contributed by atoms with Gasteiger partial charge in [0, 0.05) is 36.9 Å². The van der Waals surface area contributed by atoms with Crippen LogP contribution < -0.4 is 5.32 Å². The van der Waals surface area contributed by atoms with Crippen molar-refractivity contribution in [3.05, 3.63) is 65.9 Å². The van der Waals surface area contributed by atoms with Gasteiger partial charge in [-0.2, -0.15) is 5.26 Å². The molecule has 1 N–H and O–H groups in total. The summed E-state index contributed by atoms with van der Waals surface area (Å²) in [5.41, 5.74) is 3.48. The molecule has 0 bridgehead atoms. The molecule has 0 aromatic carbocycles. The van der Waals surface area contributed by atoms with Crippen LogP contribution in [0.15, 0.2) is 48.9 Å². The molecule has 0 aliphatic rings. The molecule has 3 aromatic rings. The molecule has 0 saturated carbocycles. The number of aromatic nitrogens is 3. The Morgan fingerprint density at radius 2 is 2.08 bits per heavy atom. The second-order valence-electron chi connectivity index (χ2n) is 5.33. The van der Waals surface area contributed by atoms with Gasteiger partial charge in [0.2, 0.25) is 0 Å². The van der Waals surface area contributed by atoms with Gasteiger partial charge in [0.1, 0.15) is 17.6 Å². The minimum absolute atomic E-state index is 0.291. The predicted molar refractivity (Wildman–Crippen MR) is 90.3 cm³/mol. The molecular weight excluding hydrogens is 302 g/mol. The first-order chi connectivity index (χ1) is 11.6. The van der Waals surface area contributed by atoms with Gasteiger partial charge in [-0.1, -0.05) is 6.07 Å². The lowest BCUT2D eigenvalue weighted by atomic mass is 10.1. The average Bonchev–Trinajstić information content (AvgIpc) is 2.91. The van der Waals surface area contributed by atoms with Crippen molar-refractivity contribution in [3.63, 3.8) is 0 Å². The number of amides is 1. The summed E-state index contributed by atoms with van der Waals surface area (Å²) in [6.45, 7) is 1.80. The summed E-state index contributed by atoms with van der Waals surface area (Å²) in [5.74, 6) is 0.156. The van der Waals surface area contributed by atoms with Gasteiger partial charge in [0.15, 0.2) is 0 Å². The van der Waals surface area contributed by atoms with Crippen molar-refractivity contribution in [2.45, 2.75) is 6.92 Å². The number of nitrogens with zero attached hydrogens (tertiary/aromatic N) is 4. The highest BCUT2D eigenvalue weighted by atomic mass is 16.1. The quantitative estimate of drug-likeness (QED) is 0.805. The molecule has 0 unspecified atom stereocenters. The lowest BCUT2D eigenvalue weighted by molar-refractivity contribution is 0.102. The van der Waals surface area contributed by atoms with Crippen LogP contribution in [0.2, 0.25) is 0 Å². The molecule has 0 atom stereocenters. The number of rotatable bonds is 3. The second kappa shape index (κ2) is 6.34. The number of nitriles is 1. The SMILES string of the molecule is Cc1c(C(=O)Nc2cc(-c3cccnc3)ccn2)cc(C#N)n1C. The largest absolute Gasteiger partial charge is 0.339 e. The minimum Gasteiger partial charge on any atom is -0.339 e. The number of nitrogens with one attached hydrogen (secondary N) is 1. The highest BCUT2D eigenvalue weighted by Crippen LogP contribution is 2.21. The van der Waals surface area contributed by atoms with Crippen molar-refractivity contribution in [1.29, 1.82) is 5.26 Å². The maximum atomic E-state index is 12.5. The van der Waals surface area contributed by atoms with Gasteiger partial charge in [0.25, 0.3) is 5.91 Å². The summed E-state index contributed by atoms with van der Waals surface area (Å²) in [5, 5.41) is 11.9. The lowest BCUT2D eigenvalue weighted by Crippen LogP contribution is -2.13. The van der Waals surface area contributed by atoms with Crippen molar-refractivity contribution >= 4 is 11.7 Å². The van der Waals surface area contributed by atoms with E-state index in [1.165, 1.54) is 0 Å². The molecular formula is C18H15N5O. The van der Waals surface area contributed by atoms with E-state index in [0.717, 1.165) is 16.8 Å². The molecule has 0 saturated heterocycles. The monoisotopic (exact) mass is 317 g/mol. The standard InChI is InChI=1S/C18H15N5O/c1-12-16(9-15(10-19)23(12)2)18(24)22-17-8-13(5-7-21-17)14-4-3-6-20-11-14/h3-9,11H,1-2H3,(H,21,22,24). The third kappa shape index (κ3) is 2.88. The molecule has 0 aliphatic carbocycles. The Hall–Kier alpha value is -3.46. The first kappa shape index (κ1) is 15.4. The molecule has 118 valence electrons. The van der Waals surface area contributed by atoms with E-state index in [4.69, 9.17) is 5.26 Å². The van der Waals surface area contributed by atoms with E-state index in [0.29, 0.717) is 17.1 Å². The fourth-order valence-electron chi connectivity index (χ4n) is 2.43. The summed E-state index contributed by atoms with van der Waals surface area (Å²) < 4.78 is 1.69. The number of carbonyl (C=O) groups excluding carboxylic acids is 1. The Balaban J connectivity index is 1.87. The molecule has 0 radical (unpaired) electrons. The van der Waals surface area contributed by atoms with E-state index >= 15 is 0 Å². The molecule has 3 aromatic heterocycles. The minimum atomic E-state index is -0.291. The van der Waals surface area contributed by atoms with Crippen LogP contribution in [0.5, 0.6) is 0 Å². The van der Waals surface area contributed by atoms with Crippen molar-refractivity contribution in [2.24, 2.45) is 7.05 Å². The Bertz CT molecular complexity index is 938. The summed E-state index contributed by atoms with van der Waals surface area (Å²) in [6, 6.07) is 11.1. The summed E-state index contributed by atoms with van der Waals surface area (Å²) in [4.78, 5) is 20.8. The topological polar surface area (TPSA) is 83.6 Å². The number of pyridine rings is 2. The second-order valence-corrected chi connectivity index (χ2v) is 5.33. The number of anilines is 1. The summed E-state index contributed by atoms with van der Waals surface area (Å²) in [7, 11) is 1.76. The lowest BCUT2D eigenvalue weighted by Gasteiger charge is -2.07. The Morgan fingerprint density at radius 1 is 1.25 bits per heavy atom. The third-order valence-electron chi connectivity index (χ3n) is 3.89. The highest BCUT2D eigenvalue weighted by Gasteiger charge is 2.16. The zero-order chi connectivity index (χ0) is 17.1. The van der Waals surface area contributed by atoms with Crippen molar-refractivity contribution in [2.75, 3.05) is 5.32 Å². The molecule has 6 nitrogen and oxygen atoms in total. The van der Waals surface area contributed by atoms with E-state index in [-0.39, 0.29) is 5.91 Å². The van der Waals surface area contributed by atoms with Gasteiger partial charge in [-0.05, 0) is 36.8 Å². The van der Waals surface area contributed by atoms with E-state index in [1.807, 2.05) is 18.2 Å². The smallest absolute Gasteiger partial charge is 0.258 e. The molecule has 3 rings (SSSR count). The summed E-state index contributed by atoms with van der Waals surface area (Å²) >= 11 is 0. The van der Waals surface area contributed by atoms with E-state index in [9.17, 15) is 4.79 Å². The van der Waals surface area contributed by atoms with Crippen molar-refractivity contribution in [1.82, 2.24) is 14.5 Å². The van der Waals surface area contributed by atoms with Gasteiger partial charge in [-0.15, -0.1) is 0 Å². The fourth-order valence-corrected chi connectivity index (χ4v) is 2.43. The van der Waals surface area contributed by atoms with Crippen LogP contribution in [0.25, 0.3) is 11.1 Å². The Labute approximate surface area is 139 Å². The molecule has 1 amide bonds. The zero-order valence-electron chi connectivity index (χ0n) is 13.3. The van der Waals surface area contributed by atoms with E-state index in [2.05, 4.69) is 21.4 Å². The van der Waals surface area contributed by atoms with Gasteiger partial charge >= 0.3 is 0 Å². The average molecular weight is 317 g/mol. The van der Waals surface area contributed by atoms with Crippen LogP contribution in [-0.4, -0.2) is 20.4 Å². The summed E-state index contributed by atoms with van der Waals surface area (Å²) in [6.07, 6.45) is 5.09. The van der Waals surface area contributed by atoms with E-state index < -0.39 is 0 Å². The fraction of sp³-hybridized carbons (Fsp3) is 0.111. The van der Waals surface area contributed by atoms with Crippen LogP contribution >= 0.6 is 0 Å². The molecule has 0 fully saturated rings. The van der Waals surface area contributed by atoms with Crippen LogP contribution in [0, 0.1) is 18.3 Å². The molecule has 0 spiro atoms. The maximum Gasteiger partial charge on any atom is 0.258 e. The highest BCUT2D eigenvalue weighted by molar-refractivity contribution is 6.05. The maximum absolute atomic E-state index is 12.5. The van der Waals surface area contributed by atoms with Crippen molar-refractivity contribution in [3.8, 4) is 17.2 Å². The van der Waals surface area contributed by atoms with Crippen LogP contribution in [0.3, 0.4) is 0 Å². The van der Waals surface area contributed by atoms with Gasteiger partial charge in [0.05, 0.1) is 5.56 Å². The Kier molecular flexibility index (Phi) is 4.08. The molecule has 6 heteroatoms. The van der Waals surface area contributed by atoms with Gasteiger partial charge in [-0.25, -0.2) is 4.98 Å². The Morgan fingerprint density at radius 3 is 2.75 bits per heavy atom. The van der Waals surface area contributed by atoms with Crippen LogP contribution in [0.4, 0.5) is 5.82 Å². The van der Waals surface area contributed by atoms with Gasteiger partial charge in [-0.3, -0.25) is 9.78 Å². The van der Waals surface area contributed by atoms with E-state index in [1.54, 1.807) is 49.3 Å². The molecule has 3 heterocycles. The van der Waals surface area contributed by atoms with Crippen LogP contribution in [-0.2, 0) is 7.05 Å².